The van der Waals surface area contributed by atoms with Crippen molar-refractivity contribution in [3.05, 3.63) is 18.2 Å². The molecule has 0 radical (unpaired) electrons. The van der Waals surface area contributed by atoms with Gasteiger partial charge in [0.2, 0.25) is 10.0 Å². The van der Waals surface area contributed by atoms with E-state index in [0.29, 0.717) is 5.52 Å². The molecule has 2 N–H and O–H groups in total. The van der Waals surface area contributed by atoms with Crippen molar-refractivity contribution in [1.29, 1.82) is 0 Å². The molecule has 0 spiro atoms. The number of unbranched alkanes of at least 4 members (excludes halogenated alkanes) is 1. The van der Waals surface area contributed by atoms with Gasteiger partial charge in [0.05, 0.1) is 22.0 Å². The number of ether oxygens (including phenoxy) is 1. The maximum absolute atomic E-state index is 11.6. The topological polar surface area (TPSA) is 87.2 Å². The Balaban J connectivity index is 1.92. The number of primary sulfonamides is 1. The fraction of sp³-hybridized carbons (Fsp3) is 0.562. The molecule has 0 amide bonds. The molecule has 8 heteroatoms. The number of nitrogens with zero attached hydrogens (tertiary/aromatic N) is 2. The summed E-state index contributed by atoms with van der Waals surface area (Å²) in [6, 6.07) is 4.91. The number of thioether (sulfide) groups is 1. The number of rotatable bonds is 7. The van der Waals surface area contributed by atoms with Gasteiger partial charge >= 0.3 is 0 Å². The Morgan fingerprint density at radius 2 is 2.29 bits per heavy atom. The summed E-state index contributed by atoms with van der Waals surface area (Å²) >= 11 is 1.68. The first-order chi connectivity index (χ1) is 11.5. The maximum Gasteiger partial charge on any atom is 0.238 e. The van der Waals surface area contributed by atoms with Crippen molar-refractivity contribution in [3.8, 4) is 0 Å². The van der Waals surface area contributed by atoms with Crippen LogP contribution in [-0.2, 0) is 21.3 Å². The molecule has 0 saturated carbocycles. The van der Waals surface area contributed by atoms with E-state index in [9.17, 15) is 8.42 Å². The molecule has 132 valence electrons. The monoisotopic (exact) mass is 369 g/mol. The molecule has 2 aromatic rings. The van der Waals surface area contributed by atoms with Gasteiger partial charge in [-0.2, -0.15) is 0 Å². The normalized spacial score (nSPS) is 18.5. The van der Waals surface area contributed by atoms with Crippen molar-refractivity contribution in [2.24, 2.45) is 5.14 Å². The number of hydrogen-bond acceptors (Lipinski definition) is 5. The molecule has 1 fully saturated rings. The number of hydrogen-bond donors (Lipinski definition) is 1. The van der Waals surface area contributed by atoms with Crippen LogP contribution in [0, 0.1) is 0 Å². The summed E-state index contributed by atoms with van der Waals surface area (Å²) in [6.45, 7) is 3.86. The predicted molar refractivity (Wildman–Crippen MR) is 95.7 cm³/mol. The minimum atomic E-state index is -3.72. The maximum atomic E-state index is 11.6. The molecule has 1 aliphatic heterocycles. The smallest absolute Gasteiger partial charge is 0.238 e. The van der Waals surface area contributed by atoms with Gasteiger partial charge in [0.15, 0.2) is 5.16 Å². The summed E-state index contributed by atoms with van der Waals surface area (Å²) in [5.74, 6) is 0.873. The molecule has 6 nitrogen and oxygen atoms in total. The number of sulfonamides is 1. The Hall–Kier alpha value is -1.09. The van der Waals surface area contributed by atoms with Crippen molar-refractivity contribution in [3.63, 3.8) is 0 Å². The number of nitrogens with two attached hydrogens (primary N) is 1. The summed E-state index contributed by atoms with van der Waals surface area (Å²) in [5, 5.41) is 6.15. The van der Waals surface area contributed by atoms with Crippen molar-refractivity contribution >= 4 is 32.8 Å². The molecule has 2 heterocycles. The first-order valence-electron chi connectivity index (χ1n) is 8.26. The standard InChI is InChI=1S/C16H23N3O3S2/c1-2-3-8-19-15-7-6-13(24(17,20)21)10-14(15)18-16(19)23-11-12-5-4-9-22-12/h6-7,10,12H,2-5,8-9,11H2,1H3,(H2,17,20,21)/t12-/m0/s1. The highest BCUT2D eigenvalue weighted by Gasteiger charge is 2.19. The van der Waals surface area contributed by atoms with Crippen LogP contribution in [0.2, 0.25) is 0 Å². The van der Waals surface area contributed by atoms with Crippen molar-refractivity contribution in [2.45, 2.75) is 55.3 Å². The van der Waals surface area contributed by atoms with Crippen LogP contribution >= 0.6 is 11.8 Å². The van der Waals surface area contributed by atoms with Gasteiger partial charge in [0.25, 0.3) is 0 Å². The molecule has 0 bridgehead atoms. The van der Waals surface area contributed by atoms with Gasteiger partial charge in [-0.3, -0.25) is 0 Å². The molecule has 0 unspecified atom stereocenters. The largest absolute Gasteiger partial charge is 0.377 e. The molecule has 1 aromatic carbocycles. The van der Waals surface area contributed by atoms with Crippen molar-refractivity contribution < 1.29 is 13.2 Å². The van der Waals surface area contributed by atoms with Gasteiger partial charge in [-0.25, -0.2) is 18.5 Å². The minimum Gasteiger partial charge on any atom is -0.377 e. The van der Waals surface area contributed by atoms with E-state index in [4.69, 9.17) is 9.88 Å². The lowest BCUT2D eigenvalue weighted by Crippen LogP contribution is -2.11. The molecule has 0 aliphatic carbocycles. The third-order valence-corrected chi connectivity index (χ3v) is 6.19. The van der Waals surface area contributed by atoms with E-state index in [1.54, 1.807) is 30.0 Å². The molecule has 1 saturated heterocycles. The van der Waals surface area contributed by atoms with Crippen LogP contribution in [0.3, 0.4) is 0 Å². The lowest BCUT2D eigenvalue weighted by molar-refractivity contribution is 0.129. The average Bonchev–Trinajstić information content (AvgIpc) is 3.17. The first-order valence-corrected chi connectivity index (χ1v) is 10.8. The SMILES string of the molecule is CCCCn1c(SC[C@@H]2CCCO2)nc2cc(S(N)(=O)=O)ccc21. The quantitative estimate of drug-likeness (QED) is 0.758. The van der Waals surface area contributed by atoms with E-state index in [2.05, 4.69) is 16.5 Å². The summed E-state index contributed by atoms with van der Waals surface area (Å²) in [4.78, 5) is 4.75. The number of imidazole rings is 1. The Morgan fingerprint density at radius 1 is 1.46 bits per heavy atom. The molecular formula is C16H23N3O3S2. The Kier molecular flexibility index (Phi) is 5.49. The van der Waals surface area contributed by atoms with Gasteiger partial charge in [0, 0.05) is 18.9 Å². The van der Waals surface area contributed by atoms with Crippen LogP contribution in [0.1, 0.15) is 32.6 Å². The van der Waals surface area contributed by atoms with Gasteiger partial charge < -0.3 is 9.30 Å². The lowest BCUT2D eigenvalue weighted by Gasteiger charge is -2.11. The Morgan fingerprint density at radius 3 is 2.96 bits per heavy atom. The molecule has 3 rings (SSSR count). The van der Waals surface area contributed by atoms with Crippen molar-refractivity contribution in [2.75, 3.05) is 12.4 Å². The molecule has 1 aliphatic rings. The van der Waals surface area contributed by atoms with Crippen LogP contribution in [0.5, 0.6) is 0 Å². The highest BCUT2D eigenvalue weighted by molar-refractivity contribution is 7.99. The van der Waals surface area contributed by atoms with Crippen molar-refractivity contribution in [1.82, 2.24) is 9.55 Å². The van der Waals surface area contributed by atoms with E-state index in [0.717, 1.165) is 55.3 Å². The molecule has 24 heavy (non-hydrogen) atoms. The van der Waals surface area contributed by atoms with Crippen LogP contribution in [-0.4, -0.2) is 36.4 Å². The predicted octanol–water partition coefficient (Wildman–Crippen LogP) is 2.75. The Labute approximate surface area is 146 Å². The number of aryl methyl sites for hydroxylation is 1. The number of benzene rings is 1. The van der Waals surface area contributed by atoms with Crippen LogP contribution in [0.15, 0.2) is 28.3 Å². The Bertz CT molecular complexity index is 811. The zero-order valence-corrected chi connectivity index (χ0v) is 15.4. The van der Waals surface area contributed by atoms with Gasteiger partial charge in [-0.15, -0.1) is 0 Å². The van der Waals surface area contributed by atoms with Crippen LogP contribution in [0.25, 0.3) is 11.0 Å². The summed E-state index contributed by atoms with van der Waals surface area (Å²) in [7, 11) is -3.72. The van der Waals surface area contributed by atoms with Gasteiger partial charge in [0.1, 0.15) is 0 Å². The fourth-order valence-corrected chi connectivity index (χ4v) is 4.49. The summed E-state index contributed by atoms with van der Waals surface area (Å²) < 4.78 is 31.0. The average molecular weight is 370 g/mol. The second kappa shape index (κ2) is 7.43. The second-order valence-electron chi connectivity index (χ2n) is 6.04. The molecule has 1 atom stereocenters. The van der Waals surface area contributed by atoms with Gasteiger partial charge in [-0.1, -0.05) is 25.1 Å². The third kappa shape index (κ3) is 3.93. The fourth-order valence-electron chi connectivity index (χ4n) is 2.85. The lowest BCUT2D eigenvalue weighted by atomic mass is 10.3. The summed E-state index contributed by atoms with van der Waals surface area (Å²) in [6.07, 6.45) is 4.64. The number of aromatic nitrogens is 2. The van der Waals surface area contributed by atoms with E-state index in [1.165, 1.54) is 0 Å². The van der Waals surface area contributed by atoms with E-state index in [1.807, 2.05) is 0 Å². The zero-order chi connectivity index (χ0) is 17.2. The number of fused-ring (bicyclic) bond motifs is 1. The molecule has 1 aromatic heterocycles. The highest BCUT2D eigenvalue weighted by atomic mass is 32.2. The first kappa shape index (κ1) is 17.7. The van der Waals surface area contributed by atoms with E-state index >= 15 is 0 Å². The highest BCUT2D eigenvalue weighted by Crippen LogP contribution is 2.28. The van der Waals surface area contributed by atoms with E-state index in [-0.39, 0.29) is 11.0 Å². The molecular weight excluding hydrogens is 346 g/mol. The van der Waals surface area contributed by atoms with Crippen LogP contribution < -0.4 is 5.14 Å². The third-order valence-electron chi connectivity index (χ3n) is 4.17. The van der Waals surface area contributed by atoms with Gasteiger partial charge in [-0.05, 0) is 37.5 Å². The zero-order valence-electron chi connectivity index (χ0n) is 13.8. The summed E-state index contributed by atoms with van der Waals surface area (Å²) in [5.41, 5.74) is 1.62. The minimum absolute atomic E-state index is 0.103. The van der Waals surface area contributed by atoms with Crippen LogP contribution in [0.4, 0.5) is 0 Å². The van der Waals surface area contributed by atoms with E-state index < -0.39 is 10.0 Å². The second-order valence-corrected chi connectivity index (χ2v) is 8.59.